The number of hydrogen-bond acceptors (Lipinski definition) is 4. The van der Waals surface area contributed by atoms with E-state index in [1.54, 1.807) is 12.3 Å². The van der Waals surface area contributed by atoms with Gasteiger partial charge in [-0.15, -0.1) is 0 Å². The summed E-state index contributed by atoms with van der Waals surface area (Å²) in [6, 6.07) is 1.70. The highest BCUT2D eigenvalue weighted by Crippen LogP contribution is 2.36. The molecule has 0 bridgehead atoms. The molecule has 0 saturated carbocycles. The summed E-state index contributed by atoms with van der Waals surface area (Å²) in [5, 5.41) is 0.448. The molecule has 6 heteroatoms. The average Bonchev–Trinajstić information content (AvgIpc) is 2.27. The first-order chi connectivity index (χ1) is 8.72. The Balaban J connectivity index is 2.25. The van der Waals surface area contributed by atoms with Crippen molar-refractivity contribution in [3.05, 3.63) is 17.5 Å². The quantitative estimate of drug-likeness (QED) is 0.454. The molecule has 0 aliphatic rings. The Bertz CT molecular complexity index is 408. The van der Waals surface area contributed by atoms with E-state index in [1.807, 2.05) is 0 Å². The molecule has 108 valence electrons. The van der Waals surface area contributed by atoms with E-state index >= 15 is 0 Å². The van der Waals surface area contributed by atoms with Crippen LogP contribution in [-0.2, 0) is 4.43 Å². The van der Waals surface area contributed by atoms with Crippen LogP contribution in [0.25, 0.3) is 0 Å². The molecule has 0 atom stereocenters. The minimum absolute atomic E-state index is 0.204. The number of hydrogen-bond donors (Lipinski definition) is 0. The van der Waals surface area contributed by atoms with Gasteiger partial charge in [-0.1, -0.05) is 20.8 Å². The van der Waals surface area contributed by atoms with Crippen molar-refractivity contribution in [3.8, 4) is 5.88 Å². The van der Waals surface area contributed by atoms with Gasteiger partial charge in [0.2, 0.25) is 11.2 Å². The van der Waals surface area contributed by atoms with Crippen LogP contribution < -0.4 is 4.74 Å². The van der Waals surface area contributed by atoms with Crippen LogP contribution in [0.4, 0.5) is 0 Å². The van der Waals surface area contributed by atoms with Crippen molar-refractivity contribution in [2.75, 3.05) is 13.2 Å². The number of rotatable bonds is 6. The van der Waals surface area contributed by atoms with Crippen molar-refractivity contribution in [2.24, 2.45) is 0 Å². The van der Waals surface area contributed by atoms with E-state index in [2.05, 4.69) is 43.8 Å². The molecular formula is C13H23ClN2O2Si. The van der Waals surface area contributed by atoms with Crippen LogP contribution in [0.15, 0.2) is 12.3 Å². The highest BCUT2D eigenvalue weighted by Gasteiger charge is 2.36. The third kappa shape index (κ3) is 5.46. The lowest BCUT2D eigenvalue weighted by atomic mass is 10.2. The standard InChI is InChI=1S/C13H23ClN2O2Si/c1-13(2,3)19(4,5)18-10-6-9-17-11-7-8-15-12(14)16-11/h7-8H,6,9-10H2,1-5H3. The number of ether oxygens (including phenoxy) is 1. The zero-order valence-corrected chi connectivity index (χ0v) is 14.1. The maximum atomic E-state index is 6.06. The van der Waals surface area contributed by atoms with Crippen molar-refractivity contribution in [2.45, 2.75) is 45.3 Å². The van der Waals surface area contributed by atoms with Crippen LogP contribution >= 0.6 is 11.6 Å². The number of halogens is 1. The molecule has 1 aromatic rings. The summed E-state index contributed by atoms with van der Waals surface area (Å²) >= 11 is 5.67. The average molecular weight is 303 g/mol. The van der Waals surface area contributed by atoms with E-state index in [9.17, 15) is 0 Å². The van der Waals surface area contributed by atoms with Gasteiger partial charge in [-0.2, -0.15) is 4.98 Å². The molecule has 1 rings (SSSR count). The third-order valence-corrected chi connectivity index (χ3v) is 8.13. The van der Waals surface area contributed by atoms with Crippen molar-refractivity contribution in [3.63, 3.8) is 0 Å². The topological polar surface area (TPSA) is 44.2 Å². The summed E-state index contributed by atoms with van der Waals surface area (Å²) in [5.41, 5.74) is 0. The van der Waals surface area contributed by atoms with Crippen molar-refractivity contribution >= 4 is 19.9 Å². The van der Waals surface area contributed by atoms with Gasteiger partial charge < -0.3 is 9.16 Å². The molecule has 0 radical (unpaired) electrons. The van der Waals surface area contributed by atoms with Crippen LogP contribution in [0.1, 0.15) is 27.2 Å². The van der Waals surface area contributed by atoms with Gasteiger partial charge in [0.1, 0.15) is 0 Å². The lowest BCUT2D eigenvalue weighted by Gasteiger charge is -2.36. The van der Waals surface area contributed by atoms with Crippen molar-refractivity contribution < 1.29 is 9.16 Å². The van der Waals surface area contributed by atoms with Crippen LogP contribution in [0.3, 0.4) is 0 Å². The van der Waals surface area contributed by atoms with Gasteiger partial charge in [0, 0.05) is 25.3 Å². The monoisotopic (exact) mass is 302 g/mol. The molecule has 1 heterocycles. The molecular weight excluding hydrogens is 280 g/mol. The molecule has 19 heavy (non-hydrogen) atoms. The van der Waals surface area contributed by atoms with Gasteiger partial charge in [0.15, 0.2) is 8.32 Å². The first kappa shape index (κ1) is 16.4. The minimum Gasteiger partial charge on any atom is -0.477 e. The molecule has 0 fully saturated rings. The Labute approximate surface area is 121 Å². The van der Waals surface area contributed by atoms with Crippen molar-refractivity contribution in [1.82, 2.24) is 9.97 Å². The molecule has 4 nitrogen and oxygen atoms in total. The minimum atomic E-state index is -1.65. The van der Waals surface area contributed by atoms with E-state index < -0.39 is 8.32 Å². The summed E-state index contributed by atoms with van der Waals surface area (Å²) in [4.78, 5) is 7.76. The highest BCUT2D eigenvalue weighted by molar-refractivity contribution is 6.74. The first-order valence-electron chi connectivity index (χ1n) is 6.48. The molecule has 0 N–H and O–H groups in total. The Morgan fingerprint density at radius 3 is 2.53 bits per heavy atom. The Morgan fingerprint density at radius 2 is 1.95 bits per heavy atom. The number of nitrogens with zero attached hydrogens (tertiary/aromatic N) is 2. The smallest absolute Gasteiger partial charge is 0.225 e. The third-order valence-electron chi connectivity index (χ3n) is 3.41. The second-order valence-electron chi connectivity index (χ2n) is 5.97. The van der Waals surface area contributed by atoms with Gasteiger partial charge >= 0.3 is 0 Å². The molecule has 0 aliphatic carbocycles. The molecule has 0 aromatic carbocycles. The predicted molar refractivity (Wildman–Crippen MR) is 80.3 cm³/mol. The van der Waals surface area contributed by atoms with E-state index in [0.29, 0.717) is 12.5 Å². The van der Waals surface area contributed by atoms with E-state index in [-0.39, 0.29) is 10.3 Å². The summed E-state index contributed by atoms with van der Waals surface area (Å²) in [7, 11) is -1.65. The Hall–Kier alpha value is -0.653. The maximum absolute atomic E-state index is 6.06. The largest absolute Gasteiger partial charge is 0.477 e. The number of aromatic nitrogens is 2. The Kier molecular flexibility index (Phi) is 5.76. The van der Waals surface area contributed by atoms with Gasteiger partial charge in [-0.25, -0.2) is 4.98 Å². The van der Waals surface area contributed by atoms with E-state index in [0.717, 1.165) is 13.0 Å². The van der Waals surface area contributed by atoms with E-state index in [1.165, 1.54) is 0 Å². The zero-order chi connectivity index (χ0) is 14.5. The fraction of sp³-hybridized carbons (Fsp3) is 0.692. The van der Waals surface area contributed by atoms with Crippen LogP contribution in [0, 0.1) is 0 Å². The summed E-state index contributed by atoms with van der Waals surface area (Å²) in [6.45, 7) is 12.5. The van der Waals surface area contributed by atoms with Crippen LogP contribution in [0.5, 0.6) is 5.88 Å². The van der Waals surface area contributed by atoms with Gasteiger partial charge in [-0.3, -0.25) is 0 Å². The first-order valence-corrected chi connectivity index (χ1v) is 9.76. The van der Waals surface area contributed by atoms with Crippen molar-refractivity contribution in [1.29, 1.82) is 0 Å². The van der Waals surface area contributed by atoms with Crippen LogP contribution in [0.2, 0.25) is 23.4 Å². The lowest BCUT2D eigenvalue weighted by Crippen LogP contribution is -2.41. The van der Waals surface area contributed by atoms with Gasteiger partial charge in [-0.05, 0) is 29.7 Å². The molecule has 1 aromatic heterocycles. The molecule has 0 amide bonds. The van der Waals surface area contributed by atoms with Gasteiger partial charge in [0.25, 0.3) is 0 Å². The maximum Gasteiger partial charge on any atom is 0.225 e. The SMILES string of the molecule is CC(C)(C)[Si](C)(C)OCCCOc1ccnc(Cl)n1. The second-order valence-corrected chi connectivity index (χ2v) is 11.1. The highest BCUT2D eigenvalue weighted by atomic mass is 35.5. The summed E-state index contributed by atoms with van der Waals surface area (Å²) in [6.07, 6.45) is 2.42. The summed E-state index contributed by atoms with van der Waals surface area (Å²) < 4.78 is 11.5. The lowest BCUT2D eigenvalue weighted by molar-refractivity contribution is 0.229. The molecule has 0 spiro atoms. The fourth-order valence-electron chi connectivity index (χ4n) is 1.18. The molecule has 0 aliphatic heterocycles. The predicted octanol–water partition coefficient (Wildman–Crippen LogP) is 3.92. The molecule has 0 unspecified atom stereocenters. The van der Waals surface area contributed by atoms with Gasteiger partial charge in [0.05, 0.1) is 6.61 Å². The normalized spacial score (nSPS) is 12.5. The second kappa shape index (κ2) is 6.68. The summed E-state index contributed by atoms with van der Waals surface area (Å²) in [5.74, 6) is 0.507. The van der Waals surface area contributed by atoms with E-state index in [4.69, 9.17) is 20.8 Å². The Morgan fingerprint density at radius 1 is 1.26 bits per heavy atom. The fourth-order valence-corrected chi connectivity index (χ4v) is 2.41. The van der Waals surface area contributed by atoms with Crippen LogP contribution in [-0.4, -0.2) is 31.5 Å². The molecule has 0 saturated heterocycles. The zero-order valence-electron chi connectivity index (χ0n) is 12.4.